The van der Waals surface area contributed by atoms with E-state index in [0.29, 0.717) is 0 Å². The van der Waals surface area contributed by atoms with Gasteiger partial charge in [-0.2, -0.15) is 0 Å². The van der Waals surface area contributed by atoms with Crippen LogP contribution >= 0.6 is 0 Å². The van der Waals surface area contributed by atoms with Gasteiger partial charge in [-0.1, -0.05) is 146 Å². The van der Waals surface area contributed by atoms with E-state index in [1.807, 2.05) is 12.1 Å². The van der Waals surface area contributed by atoms with Crippen LogP contribution in [0.2, 0.25) is 0 Å². The molecule has 0 N–H and O–H groups in total. The van der Waals surface area contributed by atoms with Crippen LogP contribution in [0.1, 0.15) is 0 Å². The van der Waals surface area contributed by atoms with E-state index in [2.05, 4.69) is 170 Å². The number of rotatable bonds is 3. The van der Waals surface area contributed by atoms with Gasteiger partial charge in [-0.25, -0.2) is 0 Å². The van der Waals surface area contributed by atoms with Crippen molar-refractivity contribution in [3.8, 4) is 33.4 Å². The lowest BCUT2D eigenvalue weighted by molar-refractivity contribution is 0.664. The molecule has 2 nitrogen and oxygen atoms in total. The van der Waals surface area contributed by atoms with Crippen molar-refractivity contribution >= 4 is 87.0 Å². The van der Waals surface area contributed by atoms with Crippen molar-refractivity contribution in [2.45, 2.75) is 0 Å². The summed E-state index contributed by atoms with van der Waals surface area (Å²) >= 11 is 0. The zero-order valence-electron chi connectivity index (χ0n) is 29.1. The van der Waals surface area contributed by atoms with E-state index in [9.17, 15) is 0 Å². The lowest BCUT2D eigenvalue weighted by Crippen LogP contribution is -1.92. The van der Waals surface area contributed by atoms with E-state index in [-0.39, 0.29) is 0 Å². The molecule has 250 valence electrons. The third-order valence-electron chi connectivity index (χ3n) is 11.4. The summed E-state index contributed by atoms with van der Waals surface area (Å²) in [7, 11) is 0. The molecule has 0 spiro atoms. The Balaban J connectivity index is 1.05. The third-order valence-corrected chi connectivity index (χ3v) is 11.4. The SMILES string of the molecule is c1cc(-c2ccc3c(c2)oc2ccc4oc5c6ccccc6ccc5c4c23)cc(-c2c3ccccc3c(-c3cccc4ccccc34)c3ccccc23)c1. The molecule has 0 fully saturated rings. The molecule has 2 heterocycles. The summed E-state index contributed by atoms with van der Waals surface area (Å²) in [5.74, 6) is 0. The maximum absolute atomic E-state index is 6.60. The molecular weight excluding hydrogens is 657 g/mol. The number of hydrogen-bond acceptors (Lipinski definition) is 2. The van der Waals surface area contributed by atoms with E-state index in [1.165, 1.54) is 60.0 Å². The van der Waals surface area contributed by atoms with Crippen LogP contribution in [0.25, 0.3) is 120 Å². The topological polar surface area (TPSA) is 26.3 Å². The van der Waals surface area contributed by atoms with Gasteiger partial charge >= 0.3 is 0 Å². The van der Waals surface area contributed by atoms with Gasteiger partial charge in [-0.15, -0.1) is 0 Å². The Morgan fingerprint density at radius 2 is 0.815 bits per heavy atom. The van der Waals surface area contributed by atoms with Crippen molar-refractivity contribution in [1.82, 2.24) is 0 Å². The second-order valence-electron chi connectivity index (χ2n) is 14.3. The molecule has 0 saturated heterocycles. The van der Waals surface area contributed by atoms with Crippen LogP contribution in [0.5, 0.6) is 0 Å². The predicted molar refractivity (Wildman–Crippen MR) is 227 cm³/mol. The van der Waals surface area contributed by atoms with Gasteiger partial charge in [0.25, 0.3) is 0 Å². The van der Waals surface area contributed by atoms with Gasteiger partial charge in [-0.05, 0) is 107 Å². The van der Waals surface area contributed by atoms with Gasteiger partial charge in [0.1, 0.15) is 22.3 Å². The lowest BCUT2D eigenvalue weighted by Gasteiger charge is -2.19. The smallest absolute Gasteiger partial charge is 0.143 e. The highest BCUT2D eigenvalue weighted by atomic mass is 16.3. The summed E-state index contributed by atoms with van der Waals surface area (Å²) in [6.45, 7) is 0. The Morgan fingerprint density at radius 1 is 0.278 bits per heavy atom. The van der Waals surface area contributed by atoms with Crippen LogP contribution in [-0.4, -0.2) is 0 Å². The average molecular weight is 687 g/mol. The maximum atomic E-state index is 6.60. The summed E-state index contributed by atoms with van der Waals surface area (Å²) in [6.07, 6.45) is 0. The van der Waals surface area contributed by atoms with Crippen molar-refractivity contribution in [2.24, 2.45) is 0 Å². The summed E-state index contributed by atoms with van der Waals surface area (Å²) in [4.78, 5) is 0. The highest BCUT2D eigenvalue weighted by Crippen LogP contribution is 2.47. The molecule has 0 aliphatic rings. The van der Waals surface area contributed by atoms with Crippen LogP contribution in [-0.2, 0) is 0 Å². The quantitative estimate of drug-likeness (QED) is 0.173. The molecule has 10 aromatic carbocycles. The van der Waals surface area contributed by atoms with E-state index < -0.39 is 0 Å². The Hall–Kier alpha value is -7.16. The van der Waals surface area contributed by atoms with Crippen molar-refractivity contribution in [1.29, 1.82) is 0 Å². The standard InChI is InChI=1S/C52H30O2/c1-3-16-36-31(11-1)13-10-22-38(36)49-41-20-7-5-18-39(41)48(40-19-6-8-21-42(40)49)35-15-9-14-33(29-35)34-24-25-43-47(30-34)53-45-27-28-46-51(50(43)45)44-26-23-32-12-2-4-17-37(32)52(44)54-46/h1-30H. The van der Waals surface area contributed by atoms with E-state index in [0.717, 1.165) is 60.4 Å². The summed E-state index contributed by atoms with van der Waals surface area (Å²) in [5, 5.41) is 14.2. The van der Waals surface area contributed by atoms with E-state index >= 15 is 0 Å². The lowest BCUT2D eigenvalue weighted by atomic mass is 9.84. The summed E-state index contributed by atoms with van der Waals surface area (Å²) in [6, 6.07) is 65.6. The molecule has 0 amide bonds. The molecular formula is C52H30O2. The highest BCUT2D eigenvalue weighted by Gasteiger charge is 2.20. The molecule has 0 atom stereocenters. The Morgan fingerprint density at radius 3 is 1.57 bits per heavy atom. The predicted octanol–water partition coefficient (Wildman–Crippen LogP) is 15.1. The fourth-order valence-electron chi connectivity index (χ4n) is 9.07. The largest absolute Gasteiger partial charge is 0.456 e. The number of fused-ring (bicyclic) bond motifs is 12. The normalized spacial score (nSPS) is 12.1. The summed E-state index contributed by atoms with van der Waals surface area (Å²) in [5.41, 5.74) is 10.8. The molecule has 0 bridgehead atoms. The second kappa shape index (κ2) is 11.2. The van der Waals surface area contributed by atoms with Gasteiger partial charge in [0.2, 0.25) is 0 Å². The minimum atomic E-state index is 0.864. The van der Waals surface area contributed by atoms with Crippen molar-refractivity contribution < 1.29 is 8.83 Å². The van der Waals surface area contributed by atoms with Gasteiger partial charge < -0.3 is 8.83 Å². The van der Waals surface area contributed by atoms with Crippen LogP contribution in [0.4, 0.5) is 0 Å². The third kappa shape index (κ3) is 4.17. The fourth-order valence-corrected chi connectivity index (χ4v) is 9.07. The fraction of sp³-hybridized carbons (Fsp3) is 0. The van der Waals surface area contributed by atoms with Gasteiger partial charge in [0.05, 0.1) is 0 Å². The molecule has 12 rings (SSSR count). The molecule has 0 aliphatic carbocycles. The Labute approximate surface area is 310 Å². The second-order valence-corrected chi connectivity index (χ2v) is 14.3. The Kier molecular flexibility index (Phi) is 6.09. The monoisotopic (exact) mass is 686 g/mol. The maximum Gasteiger partial charge on any atom is 0.143 e. The minimum Gasteiger partial charge on any atom is -0.456 e. The highest BCUT2D eigenvalue weighted by molar-refractivity contribution is 6.28. The molecule has 0 aliphatic heterocycles. The molecule has 2 aromatic heterocycles. The first-order chi connectivity index (χ1) is 26.8. The van der Waals surface area contributed by atoms with Crippen LogP contribution in [0.15, 0.2) is 191 Å². The van der Waals surface area contributed by atoms with Crippen LogP contribution in [0, 0.1) is 0 Å². The van der Waals surface area contributed by atoms with Crippen molar-refractivity contribution in [3.63, 3.8) is 0 Å². The number of furan rings is 2. The molecule has 0 saturated carbocycles. The zero-order chi connectivity index (χ0) is 35.3. The van der Waals surface area contributed by atoms with Gasteiger partial charge in [0, 0.05) is 26.9 Å². The van der Waals surface area contributed by atoms with Gasteiger partial charge in [-0.3, -0.25) is 0 Å². The first kappa shape index (κ1) is 29.4. The Bertz CT molecular complexity index is 3440. The van der Waals surface area contributed by atoms with Crippen LogP contribution < -0.4 is 0 Å². The minimum absolute atomic E-state index is 0.864. The summed E-state index contributed by atoms with van der Waals surface area (Å²) < 4.78 is 13.1. The first-order valence-corrected chi connectivity index (χ1v) is 18.5. The zero-order valence-corrected chi connectivity index (χ0v) is 29.1. The molecule has 2 heteroatoms. The molecule has 0 unspecified atom stereocenters. The van der Waals surface area contributed by atoms with E-state index in [1.54, 1.807) is 0 Å². The van der Waals surface area contributed by atoms with Crippen molar-refractivity contribution in [2.75, 3.05) is 0 Å². The van der Waals surface area contributed by atoms with Crippen LogP contribution in [0.3, 0.4) is 0 Å². The first-order valence-electron chi connectivity index (χ1n) is 18.5. The average Bonchev–Trinajstić information content (AvgIpc) is 3.81. The number of benzene rings is 10. The number of hydrogen-bond donors (Lipinski definition) is 0. The van der Waals surface area contributed by atoms with E-state index in [4.69, 9.17) is 8.83 Å². The van der Waals surface area contributed by atoms with Gasteiger partial charge in [0.15, 0.2) is 0 Å². The van der Waals surface area contributed by atoms with Crippen molar-refractivity contribution in [3.05, 3.63) is 182 Å². The molecule has 0 radical (unpaired) electrons. The molecule has 54 heavy (non-hydrogen) atoms. The molecule has 12 aromatic rings.